The highest BCUT2D eigenvalue weighted by Crippen LogP contribution is 2.31. The van der Waals surface area contributed by atoms with Crippen LogP contribution in [0.4, 0.5) is 5.13 Å². The van der Waals surface area contributed by atoms with Gasteiger partial charge in [-0.2, -0.15) is 0 Å². The lowest BCUT2D eigenvalue weighted by Gasteiger charge is -2.31. The van der Waals surface area contributed by atoms with Gasteiger partial charge in [0.2, 0.25) is 5.91 Å². The number of aryl methyl sites for hydroxylation is 1. The molecule has 0 radical (unpaired) electrons. The molecule has 0 unspecified atom stereocenters. The molecule has 134 valence electrons. The summed E-state index contributed by atoms with van der Waals surface area (Å²) in [5, 5.41) is 4.17. The molecule has 1 aliphatic heterocycles. The quantitative estimate of drug-likeness (QED) is 0.756. The molecule has 2 heterocycles. The van der Waals surface area contributed by atoms with E-state index in [0.29, 0.717) is 6.54 Å². The standard InChI is InChI=1S/C21H23N3OS/c1-15-6-8-16(9-7-15)14-22-20(25)17-10-12-24(13-11-17)21-23-18-4-2-3-5-19(18)26-21/h2-9,17H,10-14H2,1H3,(H,22,25). The largest absolute Gasteiger partial charge is 0.352 e. The average molecular weight is 366 g/mol. The highest BCUT2D eigenvalue weighted by Gasteiger charge is 2.26. The van der Waals surface area contributed by atoms with Gasteiger partial charge in [0.15, 0.2) is 5.13 Å². The minimum Gasteiger partial charge on any atom is -0.352 e. The number of nitrogens with zero attached hydrogens (tertiary/aromatic N) is 2. The molecule has 0 bridgehead atoms. The number of hydrogen-bond donors (Lipinski definition) is 1. The maximum absolute atomic E-state index is 12.5. The number of anilines is 1. The Morgan fingerprint density at radius 1 is 1.15 bits per heavy atom. The van der Waals surface area contributed by atoms with Gasteiger partial charge in [0.1, 0.15) is 0 Å². The van der Waals surface area contributed by atoms with Gasteiger partial charge in [-0.05, 0) is 37.5 Å². The number of piperidine rings is 1. The summed E-state index contributed by atoms with van der Waals surface area (Å²) in [5.74, 6) is 0.278. The molecule has 1 aromatic heterocycles. The van der Waals surface area contributed by atoms with Gasteiger partial charge >= 0.3 is 0 Å². The van der Waals surface area contributed by atoms with Gasteiger partial charge in [0.25, 0.3) is 0 Å². The maximum atomic E-state index is 12.5. The summed E-state index contributed by atoms with van der Waals surface area (Å²) < 4.78 is 1.22. The second-order valence-corrected chi connectivity index (χ2v) is 7.94. The van der Waals surface area contributed by atoms with Gasteiger partial charge in [-0.15, -0.1) is 0 Å². The van der Waals surface area contributed by atoms with E-state index >= 15 is 0 Å². The molecule has 0 saturated carbocycles. The fourth-order valence-electron chi connectivity index (χ4n) is 3.37. The molecule has 0 aliphatic carbocycles. The number of aromatic nitrogens is 1. The van der Waals surface area contributed by atoms with Gasteiger partial charge in [0.05, 0.1) is 10.2 Å². The first-order valence-electron chi connectivity index (χ1n) is 9.13. The maximum Gasteiger partial charge on any atom is 0.223 e. The second-order valence-electron chi connectivity index (χ2n) is 6.93. The van der Waals surface area contributed by atoms with E-state index in [4.69, 9.17) is 4.98 Å². The Bertz CT molecular complexity index is 862. The van der Waals surface area contributed by atoms with Crippen LogP contribution in [-0.2, 0) is 11.3 Å². The van der Waals surface area contributed by atoms with E-state index in [9.17, 15) is 4.79 Å². The average Bonchev–Trinajstić information content (AvgIpc) is 3.12. The smallest absolute Gasteiger partial charge is 0.223 e. The van der Waals surface area contributed by atoms with Crippen LogP contribution in [0.25, 0.3) is 10.2 Å². The minimum atomic E-state index is 0.103. The number of amides is 1. The van der Waals surface area contributed by atoms with E-state index in [2.05, 4.69) is 59.6 Å². The summed E-state index contributed by atoms with van der Waals surface area (Å²) in [6.07, 6.45) is 1.77. The Labute approximate surface area is 157 Å². The predicted octanol–water partition coefficient (Wildman–Crippen LogP) is 4.14. The third kappa shape index (κ3) is 3.73. The highest BCUT2D eigenvalue weighted by atomic mass is 32.1. The molecule has 1 saturated heterocycles. The van der Waals surface area contributed by atoms with Crippen molar-refractivity contribution in [1.82, 2.24) is 10.3 Å². The highest BCUT2D eigenvalue weighted by molar-refractivity contribution is 7.22. The molecule has 1 fully saturated rings. The number of carbonyl (C=O) groups excluding carboxylic acids is 1. The summed E-state index contributed by atoms with van der Waals surface area (Å²) in [7, 11) is 0. The van der Waals surface area contributed by atoms with Gasteiger partial charge in [-0.25, -0.2) is 4.98 Å². The Morgan fingerprint density at radius 2 is 1.88 bits per heavy atom. The molecule has 5 heteroatoms. The van der Waals surface area contributed by atoms with Crippen LogP contribution < -0.4 is 10.2 Å². The van der Waals surface area contributed by atoms with Crippen molar-refractivity contribution in [3.8, 4) is 0 Å². The Morgan fingerprint density at radius 3 is 2.62 bits per heavy atom. The van der Waals surface area contributed by atoms with E-state index in [0.717, 1.165) is 42.1 Å². The summed E-state index contributed by atoms with van der Waals surface area (Å²) >= 11 is 1.74. The number of nitrogens with one attached hydrogen (secondary N) is 1. The minimum absolute atomic E-state index is 0.103. The number of carbonyl (C=O) groups is 1. The third-order valence-electron chi connectivity index (χ3n) is 5.01. The van der Waals surface area contributed by atoms with Crippen molar-refractivity contribution in [3.05, 3.63) is 59.7 Å². The first-order valence-corrected chi connectivity index (χ1v) is 9.94. The monoisotopic (exact) mass is 365 g/mol. The molecular formula is C21H23N3OS. The van der Waals surface area contributed by atoms with Crippen LogP contribution in [0.2, 0.25) is 0 Å². The molecule has 4 nitrogen and oxygen atoms in total. The van der Waals surface area contributed by atoms with Crippen LogP contribution in [0.15, 0.2) is 48.5 Å². The Hall–Kier alpha value is -2.40. The van der Waals surface area contributed by atoms with Gasteiger partial charge in [0, 0.05) is 25.6 Å². The number of benzene rings is 2. The lowest BCUT2D eigenvalue weighted by molar-refractivity contribution is -0.125. The van der Waals surface area contributed by atoms with E-state index in [1.165, 1.54) is 10.3 Å². The van der Waals surface area contributed by atoms with Crippen LogP contribution in [0.3, 0.4) is 0 Å². The predicted molar refractivity (Wildman–Crippen MR) is 108 cm³/mol. The zero-order chi connectivity index (χ0) is 17.9. The summed E-state index contributed by atoms with van der Waals surface area (Å²) in [6.45, 7) is 4.46. The first kappa shape index (κ1) is 17.0. The summed E-state index contributed by atoms with van der Waals surface area (Å²) in [5.41, 5.74) is 3.45. The summed E-state index contributed by atoms with van der Waals surface area (Å²) in [4.78, 5) is 19.5. The number of fused-ring (bicyclic) bond motifs is 1. The molecule has 3 aromatic rings. The molecule has 0 atom stereocenters. The lowest BCUT2D eigenvalue weighted by Crippen LogP contribution is -2.40. The number of rotatable bonds is 4. The Kier molecular flexibility index (Phi) is 4.89. The third-order valence-corrected chi connectivity index (χ3v) is 6.10. The van der Waals surface area contributed by atoms with Crippen molar-refractivity contribution in [1.29, 1.82) is 0 Å². The van der Waals surface area contributed by atoms with Crippen molar-refractivity contribution in [2.75, 3.05) is 18.0 Å². The number of para-hydroxylation sites is 1. The Balaban J connectivity index is 1.31. The van der Waals surface area contributed by atoms with E-state index in [1.807, 2.05) is 6.07 Å². The SMILES string of the molecule is Cc1ccc(CNC(=O)C2CCN(c3nc4ccccc4s3)CC2)cc1. The van der Waals surface area contributed by atoms with E-state index < -0.39 is 0 Å². The molecule has 1 N–H and O–H groups in total. The topological polar surface area (TPSA) is 45.2 Å². The number of thiazole rings is 1. The van der Waals surface area contributed by atoms with Crippen molar-refractivity contribution in [2.24, 2.45) is 5.92 Å². The van der Waals surface area contributed by atoms with E-state index in [1.54, 1.807) is 11.3 Å². The van der Waals surface area contributed by atoms with Crippen LogP contribution in [-0.4, -0.2) is 24.0 Å². The van der Waals surface area contributed by atoms with Crippen LogP contribution in [0, 0.1) is 12.8 Å². The van der Waals surface area contributed by atoms with Crippen molar-refractivity contribution in [3.63, 3.8) is 0 Å². The van der Waals surface area contributed by atoms with Gasteiger partial charge in [-0.3, -0.25) is 4.79 Å². The van der Waals surface area contributed by atoms with Crippen molar-refractivity contribution in [2.45, 2.75) is 26.3 Å². The van der Waals surface area contributed by atoms with E-state index in [-0.39, 0.29) is 11.8 Å². The zero-order valence-electron chi connectivity index (χ0n) is 14.9. The molecular weight excluding hydrogens is 342 g/mol. The van der Waals surface area contributed by atoms with Crippen LogP contribution >= 0.6 is 11.3 Å². The van der Waals surface area contributed by atoms with Crippen LogP contribution in [0.1, 0.15) is 24.0 Å². The summed E-state index contributed by atoms with van der Waals surface area (Å²) in [6, 6.07) is 16.6. The fraction of sp³-hybridized carbons (Fsp3) is 0.333. The molecule has 4 rings (SSSR count). The molecule has 26 heavy (non-hydrogen) atoms. The fourth-order valence-corrected chi connectivity index (χ4v) is 4.38. The molecule has 1 aliphatic rings. The zero-order valence-corrected chi connectivity index (χ0v) is 15.8. The van der Waals surface area contributed by atoms with Gasteiger partial charge < -0.3 is 10.2 Å². The van der Waals surface area contributed by atoms with Crippen molar-refractivity contribution >= 4 is 32.6 Å². The normalized spacial score (nSPS) is 15.3. The molecule has 2 aromatic carbocycles. The van der Waals surface area contributed by atoms with Crippen molar-refractivity contribution < 1.29 is 4.79 Å². The molecule has 1 amide bonds. The lowest BCUT2D eigenvalue weighted by atomic mass is 9.96. The number of hydrogen-bond acceptors (Lipinski definition) is 4. The second kappa shape index (κ2) is 7.46. The van der Waals surface area contributed by atoms with Gasteiger partial charge in [-0.1, -0.05) is 53.3 Å². The van der Waals surface area contributed by atoms with Crippen LogP contribution in [0.5, 0.6) is 0 Å². The first-order chi connectivity index (χ1) is 12.7. The molecule has 0 spiro atoms.